The standard InChI is InChI=1S/C24H27Cl2N7O3/c1-24(2,27)11-29-17-8-5-12(10-28-17)23(34)31-22-13-6-7-14(30-21(13)32-33-22)18-19(25)15(35-3)9-16(36-4)20(18)26/h5-10,23,34H,11,27H2,1-4H3,(H,28,29)(H2,30,31,32,33). The van der Waals surface area contributed by atoms with Gasteiger partial charge in [-0.2, -0.15) is 5.10 Å². The lowest BCUT2D eigenvalue weighted by Crippen LogP contribution is -2.39. The zero-order valence-electron chi connectivity index (χ0n) is 20.2. The first-order valence-electron chi connectivity index (χ1n) is 11.0. The average Bonchev–Trinajstić information content (AvgIpc) is 3.25. The molecule has 4 aromatic rings. The summed E-state index contributed by atoms with van der Waals surface area (Å²) in [5.41, 5.74) is 7.62. The summed E-state index contributed by atoms with van der Waals surface area (Å²) in [7, 11) is 3.01. The fourth-order valence-corrected chi connectivity index (χ4v) is 4.16. The van der Waals surface area contributed by atoms with Gasteiger partial charge in [-0.25, -0.2) is 9.97 Å². The Morgan fingerprint density at radius 3 is 2.39 bits per heavy atom. The average molecular weight is 532 g/mol. The largest absolute Gasteiger partial charge is 0.495 e. The number of aliphatic hydroxyl groups excluding tert-OH is 1. The number of methoxy groups -OCH3 is 2. The Morgan fingerprint density at radius 1 is 1.11 bits per heavy atom. The van der Waals surface area contributed by atoms with E-state index in [0.717, 1.165) is 0 Å². The second-order valence-corrected chi connectivity index (χ2v) is 9.57. The van der Waals surface area contributed by atoms with Crippen LogP contribution >= 0.6 is 23.2 Å². The first kappa shape index (κ1) is 25.8. The van der Waals surface area contributed by atoms with Crippen molar-refractivity contribution in [1.82, 2.24) is 20.2 Å². The van der Waals surface area contributed by atoms with Crippen molar-refractivity contribution in [2.24, 2.45) is 5.73 Å². The minimum absolute atomic E-state index is 0.309. The van der Waals surface area contributed by atoms with E-state index in [1.807, 2.05) is 13.8 Å². The lowest BCUT2D eigenvalue weighted by Gasteiger charge is -2.19. The molecule has 3 heterocycles. The van der Waals surface area contributed by atoms with E-state index in [1.165, 1.54) is 14.2 Å². The van der Waals surface area contributed by atoms with Gasteiger partial charge >= 0.3 is 0 Å². The number of aliphatic hydroxyl groups is 1. The van der Waals surface area contributed by atoms with Crippen LogP contribution in [0.4, 0.5) is 11.6 Å². The van der Waals surface area contributed by atoms with Crippen molar-refractivity contribution in [1.29, 1.82) is 0 Å². The van der Waals surface area contributed by atoms with Crippen LogP contribution in [0.2, 0.25) is 10.0 Å². The van der Waals surface area contributed by atoms with Gasteiger partial charge in [0.15, 0.2) is 17.7 Å². The van der Waals surface area contributed by atoms with E-state index in [-0.39, 0.29) is 5.54 Å². The Labute approximate surface area is 218 Å². The number of ether oxygens (including phenoxy) is 2. The van der Waals surface area contributed by atoms with Crippen LogP contribution in [0.15, 0.2) is 36.5 Å². The molecule has 3 aromatic heterocycles. The van der Waals surface area contributed by atoms with Crippen molar-refractivity contribution in [3.63, 3.8) is 0 Å². The second kappa shape index (κ2) is 10.4. The van der Waals surface area contributed by atoms with Crippen LogP contribution < -0.4 is 25.8 Å². The third-order valence-corrected chi connectivity index (χ3v) is 6.10. The highest BCUT2D eigenvalue weighted by Crippen LogP contribution is 2.45. The van der Waals surface area contributed by atoms with Gasteiger partial charge in [0.2, 0.25) is 0 Å². The van der Waals surface area contributed by atoms with Crippen LogP contribution in [0.25, 0.3) is 22.3 Å². The molecule has 0 saturated heterocycles. The monoisotopic (exact) mass is 531 g/mol. The first-order chi connectivity index (χ1) is 17.1. The van der Waals surface area contributed by atoms with Crippen molar-refractivity contribution in [3.8, 4) is 22.8 Å². The van der Waals surface area contributed by atoms with Gasteiger partial charge in [-0.1, -0.05) is 23.2 Å². The van der Waals surface area contributed by atoms with Crippen molar-refractivity contribution in [2.45, 2.75) is 25.6 Å². The number of nitrogens with zero attached hydrogens (tertiary/aromatic N) is 3. The summed E-state index contributed by atoms with van der Waals surface area (Å²) in [4.78, 5) is 8.95. The highest BCUT2D eigenvalue weighted by Gasteiger charge is 2.21. The smallest absolute Gasteiger partial charge is 0.159 e. The molecule has 0 aliphatic carbocycles. The molecule has 6 N–H and O–H groups in total. The van der Waals surface area contributed by atoms with Crippen molar-refractivity contribution in [3.05, 3.63) is 52.1 Å². The number of aromatic nitrogens is 4. The maximum absolute atomic E-state index is 10.7. The van der Waals surface area contributed by atoms with Gasteiger partial charge in [0, 0.05) is 35.5 Å². The van der Waals surface area contributed by atoms with Crippen LogP contribution in [0.1, 0.15) is 25.6 Å². The van der Waals surface area contributed by atoms with Gasteiger partial charge in [0.05, 0.1) is 35.3 Å². The number of H-pyrrole nitrogens is 1. The van der Waals surface area contributed by atoms with Gasteiger partial charge in [-0.05, 0) is 38.1 Å². The first-order valence-corrected chi connectivity index (χ1v) is 11.8. The molecule has 0 aliphatic heterocycles. The highest BCUT2D eigenvalue weighted by molar-refractivity contribution is 6.41. The van der Waals surface area contributed by atoms with E-state index < -0.39 is 6.23 Å². The Hall–Kier alpha value is -3.31. The minimum Gasteiger partial charge on any atom is -0.495 e. The highest BCUT2D eigenvalue weighted by atomic mass is 35.5. The van der Waals surface area contributed by atoms with Crippen LogP contribution in [-0.2, 0) is 0 Å². The third kappa shape index (κ3) is 5.41. The lowest BCUT2D eigenvalue weighted by atomic mass is 10.1. The third-order valence-electron chi connectivity index (χ3n) is 5.35. The number of anilines is 2. The Bertz CT molecular complexity index is 1340. The van der Waals surface area contributed by atoms with E-state index >= 15 is 0 Å². The topological polar surface area (TPSA) is 143 Å². The quantitative estimate of drug-likeness (QED) is 0.196. The van der Waals surface area contributed by atoms with Crippen molar-refractivity contribution in [2.75, 3.05) is 31.4 Å². The van der Waals surface area contributed by atoms with E-state index in [1.54, 1.807) is 36.5 Å². The molecule has 1 atom stereocenters. The van der Waals surface area contributed by atoms with Gasteiger partial charge < -0.3 is 30.9 Å². The minimum atomic E-state index is -1.05. The molecule has 0 bridgehead atoms. The molecule has 12 heteroatoms. The predicted octanol–water partition coefficient (Wildman–Crippen LogP) is 4.60. The summed E-state index contributed by atoms with van der Waals surface area (Å²) in [6.45, 7) is 4.41. The molecular weight excluding hydrogens is 505 g/mol. The van der Waals surface area contributed by atoms with Crippen LogP contribution in [0, 0.1) is 0 Å². The zero-order chi connectivity index (χ0) is 26.0. The molecule has 0 aliphatic rings. The molecule has 1 aromatic carbocycles. The Kier molecular flexibility index (Phi) is 7.41. The molecular formula is C24H27Cl2N7O3. The number of hydrogen-bond donors (Lipinski definition) is 5. The fraction of sp³-hybridized carbons (Fsp3) is 0.292. The van der Waals surface area contributed by atoms with E-state index in [9.17, 15) is 5.11 Å². The number of halogens is 2. The number of benzene rings is 1. The summed E-state index contributed by atoms with van der Waals surface area (Å²) in [6.07, 6.45) is 0.532. The molecule has 0 radical (unpaired) electrons. The van der Waals surface area contributed by atoms with E-state index in [0.29, 0.717) is 67.6 Å². The molecule has 0 saturated carbocycles. The maximum atomic E-state index is 10.7. The predicted molar refractivity (Wildman–Crippen MR) is 142 cm³/mol. The Balaban J connectivity index is 1.56. The summed E-state index contributed by atoms with van der Waals surface area (Å²) < 4.78 is 10.7. The molecule has 0 fully saturated rings. The number of hydrogen-bond acceptors (Lipinski definition) is 9. The number of rotatable bonds is 9. The number of nitrogens with one attached hydrogen (secondary N) is 3. The second-order valence-electron chi connectivity index (χ2n) is 8.81. The van der Waals surface area contributed by atoms with Crippen molar-refractivity contribution < 1.29 is 14.6 Å². The zero-order valence-corrected chi connectivity index (χ0v) is 21.7. The van der Waals surface area contributed by atoms with Gasteiger partial charge in [-0.15, -0.1) is 0 Å². The molecule has 10 nitrogen and oxygen atoms in total. The van der Waals surface area contributed by atoms with Gasteiger partial charge in [-0.3, -0.25) is 5.10 Å². The maximum Gasteiger partial charge on any atom is 0.159 e. The van der Waals surface area contributed by atoms with Gasteiger partial charge in [0.25, 0.3) is 0 Å². The summed E-state index contributed by atoms with van der Waals surface area (Å²) >= 11 is 13.1. The summed E-state index contributed by atoms with van der Waals surface area (Å²) in [5, 5.41) is 25.2. The molecule has 36 heavy (non-hydrogen) atoms. The lowest BCUT2D eigenvalue weighted by molar-refractivity contribution is 0.207. The fourth-order valence-electron chi connectivity index (χ4n) is 3.47. The summed E-state index contributed by atoms with van der Waals surface area (Å²) in [6, 6.07) is 8.71. The van der Waals surface area contributed by atoms with E-state index in [2.05, 4.69) is 30.8 Å². The van der Waals surface area contributed by atoms with Crippen LogP contribution in [0.3, 0.4) is 0 Å². The molecule has 0 amide bonds. The Morgan fingerprint density at radius 2 is 1.81 bits per heavy atom. The van der Waals surface area contributed by atoms with Gasteiger partial charge in [0.1, 0.15) is 17.3 Å². The van der Waals surface area contributed by atoms with Crippen molar-refractivity contribution >= 4 is 45.9 Å². The number of pyridine rings is 2. The number of aromatic amines is 1. The molecule has 0 spiro atoms. The van der Waals surface area contributed by atoms with E-state index in [4.69, 9.17) is 38.4 Å². The number of fused-ring (bicyclic) bond motifs is 1. The SMILES string of the molecule is COc1cc(OC)c(Cl)c(-c2ccc3c(NC(O)c4ccc(NCC(C)(C)N)nc4)n[nH]c3n2)c1Cl. The molecule has 4 rings (SSSR count). The number of nitrogens with two attached hydrogens (primary N) is 1. The molecule has 1 unspecified atom stereocenters. The van der Waals surface area contributed by atoms with Crippen LogP contribution in [0.5, 0.6) is 11.5 Å². The summed E-state index contributed by atoms with van der Waals surface area (Å²) in [5.74, 6) is 1.90. The normalized spacial score (nSPS) is 12.4. The van der Waals surface area contributed by atoms with Crippen LogP contribution in [-0.4, -0.2) is 51.6 Å². The molecule has 190 valence electrons.